The molecule has 1 unspecified atom stereocenters. The van der Waals surface area contributed by atoms with Gasteiger partial charge >= 0.3 is 23.6 Å². The summed E-state index contributed by atoms with van der Waals surface area (Å²) < 4.78 is 69.9. The smallest absolute Gasteiger partial charge is 0.497 e. The number of ether oxygens (including phenoxy) is 7. The minimum Gasteiger partial charge on any atom is -0.497 e. The molecular weight excluding hydrogens is 1270 g/mol. The van der Waals surface area contributed by atoms with Crippen LogP contribution in [0.15, 0.2) is 182 Å². The Morgan fingerprint density at radius 2 is 1.11 bits per heavy atom. The van der Waals surface area contributed by atoms with Gasteiger partial charge in [-0.2, -0.15) is 5.06 Å². The maximum atomic E-state index is 12.5. The highest BCUT2D eigenvalue weighted by Crippen LogP contribution is 2.44. The molecule has 0 aromatic heterocycles. The number of carbonyl (C=O) groups is 4. The van der Waals surface area contributed by atoms with Gasteiger partial charge in [0, 0.05) is 93.3 Å². The molecular formula is C72H104N2O20Si2. The third-order valence-electron chi connectivity index (χ3n) is 14.8. The van der Waals surface area contributed by atoms with Crippen LogP contribution in [0.2, 0.25) is 12.1 Å². The number of hydrogen-bond donors (Lipinski definition) is 3. The Labute approximate surface area is 570 Å². The van der Waals surface area contributed by atoms with E-state index in [9.17, 15) is 24.3 Å². The summed E-state index contributed by atoms with van der Waals surface area (Å²) in [4.78, 5) is 52.1. The number of rotatable bonds is 40. The van der Waals surface area contributed by atoms with Crippen molar-refractivity contribution in [3.8, 4) is 17.2 Å². The van der Waals surface area contributed by atoms with Gasteiger partial charge in [-0.15, -0.1) is 0 Å². The van der Waals surface area contributed by atoms with Crippen LogP contribution in [0.3, 0.4) is 0 Å². The maximum absolute atomic E-state index is 12.5. The summed E-state index contributed by atoms with van der Waals surface area (Å²) >= 11 is 0. The third kappa shape index (κ3) is 31.6. The van der Waals surface area contributed by atoms with Crippen LogP contribution >= 0.6 is 0 Å². The van der Waals surface area contributed by atoms with E-state index in [1.165, 1.54) is 5.56 Å². The predicted molar refractivity (Wildman–Crippen MR) is 372 cm³/mol. The Kier molecular flexibility index (Phi) is 43.4. The number of aliphatic hydroxyl groups excluding tert-OH is 2. The molecule has 0 bridgehead atoms. The van der Waals surface area contributed by atoms with Crippen molar-refractivity contribution in [1.82, 2.24) is 5.06 Å². The van der Waals surface area contributed by atoms with Gasteiger partial charge in [0.1, 0.15) is 47.6 Å². The molecule has 1 aliphatic heterocycles. The minimum atomic E-state index is -2.64. The quantitative estimate of drug-likeness (QED) is 0.00710. The number of hydroxylamine groups is 2. The molecule has 0 spiro atoms. The van der Waals surface area contributed by atoms with E-state index in [4.69, 9.17) is 75.4 Å². The van der Waals surface area contributed by atoms with E-state index in [-0.39, 0.29) is 64.3 Å². The van der Waals surface area contributed by atoms with Crippen molar-refractivity contribution in [2.45, 2.75) is 107 Å². The summed E-state index contributed by atoms with van der Waals surface area (Å²) in [5.74, 6) is 2.07. The van der Waals surface area contributed by atoms with Gasteiger partial charge in [0.2, 0.25) is 0 Å². The molecule has 1 atom stereocenters. The topological polar surface area (TPSA) is 267 Å². The zero-order valence-electron chi connectivity index (χ0n) is 57.9. The lowest BCUT2D eigenvalue weighted by atomic mass is 9.76. The van der Waals surface area contributed by atoms with Gasteiger partial charge in [0.25, 0.3) is 11.8 Å². The summed E-state index contributed by atoms with van der Waals surface area (Å²) in [5, 5.41) is 18.6. The first kappa shape index (κ1) is 84.7. The van der Waals surface area contributed by atoms with Crippen LogP contribution in [-0.4, -0.2) is 167 Å². The van der Waals surface area contributed by atoms with Crippen LogP contribution in [0.25, 0.3) is 0 Å². The van der Waals surface area contributed by atoms with Crippen LogP contribution < -0.4 is 19.9 Å². The fourth-order valence-electron chi connectivity index (χ4n) is 9.35. The van der Waals surface area contributed by atoms with Crippen LogP contribution in [0, 0.1) is 0 Å². The zero-order chi connectivity index (χ0) is 71.0. The molecule has 4 N–H and O–H groups in total. The van der Waals surface area contributed by atoms with Gasteiger partial charge in [-0.1, -0.05) is 122 Å². The van der Waals surface area contributed by atoms with Crippen LogP contribution in [0.1, 0.15) is 93.7 Å². The molecule has 1 saturated heterocycles. The van der Waals surface area contributed by atoms with Crippen LogP contribution in [-0.2, 0) is 81.5 Å². The number of carbonyl (C=O) groups excluding carboxylic acids is 4. The van der Waals surface area contributed by atoms with Crippen molar-refractivity contribution in [2.24, 2.45) is 5.73 Å². The van der Waals surface area contributed by atoms with Gasteiger partial charge in [0.15, 0.2) is 6.29 Å². The summed E-state index contributed by atoms with van der Waals surface area (Å²) in [6.07, 6.45) is 14.7. The highest BCUT2D eigenvalue weighted by molar-refractivity contribution is 6.60. The number of nitrogens with zero attached hydrogens (tertiary/aromatic N) is 1. The Morgan fingerprint density at radius 3 is 1.56 bits per heavy atom. The summed E-state index contributed by atoms with van der Waals surface area (Å²) in [6.45, 7) is 12.1. The number of allylic oxidation sites excluding steroid dienone is 7. The van der Waals surface area contributed by atoms with Gasteiger partial charge in [-0.3, -0.25) is 19.2 Å². The number of hydrogen-bond acceptors (Lipinski definition) is 21. The Morgan fingerprint density at radius 1 is 0.615 bits per heavy atom. The van der Waals surface area contributed by atoms with E-state index in [0.29, 0.717) is 48.4 Å². The van der Waals surface area contributed by atoms with Crippen molar-refractivity contribution in [3.05, 3.63) is 199 Å². The molecule has 0 saturated carbocycles. The molecule has 0 radical (unpaired) electrons. The largest absolute Gasteiger partial charge is 0.500 e. The fraction of sp³-hybridized carbons (Fsp3) is 0.444. The second-order valence-electron chi connectivity index (χ2n) is 21.2. The van der Waals surface area contributed by atoms with Crippen molar-refractivity contribution in [2.75, 3.05) is 104 Å². The molecule has 1 heterocycles. The number of aliphatic hydroxyl groups is 2. The fourth-order valence-corrected chi connectivity index (χ4v) is 12.9. The second kappa shape index (κ2) is 49.2. The first-order valence-electron chi connectivity index (χ1n) is 31.6. The number of amides is 2. The van der Waals surface area contributed by atoms with Crippen molar-refractivity contribution in [1.29, 1.82) is 0 Å². The van der Waals surface area contributed by atoms with E-state index in [1.807, 2.05) is 127 Å². The van der Waals surface area contributed by atoms with E-state index in [0.717, 1.165) is 77.7 Å². The highest BCUT2D eigenvalue weighted by atomic mass is 28.4. The third-order valence-corrected chi connectivity index (χ3v) is 20.5. The number of imide groups is 1. The molecule has 1 aliphatic carbocycles. The number of Topliss-reactive ketones (excluding diaryl/α,β-unsaturated/α-hetero) is 1. The van der Waals surface area contributed by atoms with Crippen LogP contribution in [0.4, 0.5) is 0 Å². The average molecular weight is 1370 g/mol. The molecule has 96 heavy (non-hydrogen) atoms. The summed E-state index contributed by atoms with van der Waals surface area (Å²) in [7, 11) is 11.1. The summed E-state index contributed by atoms with van der Waals surface area (Å²) in [6, 6.07) is 37.0. The first-order chi connectivity index (χ1) is 46.3. The van der Waals surface area contributed by atoms with E-state index in [1.54, 1.807) is 71.1 Å². The lowest BCUT2D eigenvalue weighted by Gasteiger charge is -2.38. The molecule has 2 aliphatic rings. The lowest BCUT2D eigenvalue weighted by Crippen LogP contribution is -2.42. The number of nitrogens with two attached hydrogens (primary N) is 1. The molecule has 1 fully saturated rings. The standard InChI is InChI=1S/C34H46O9Si.C15H18O2.C11H17NO6.C6H17NO3Si.C6H6/c1-37-31-19-14-28(15-20-31)34(27-11-7-6-8-12-27,29-16-21-32(38-2)22-17-29)43-25-24-42-33(36)23-18-30(35)13-9-10-26-44(39-3,40-4)41-5;1-12(5-6-13(2)16-3)11-14-7-9-15(17-4)10-8-14;1-8(17-7-6-13)2-5-11(16)18-12-9(14)3-4-10(12)15;1-8-11(9-2,10-3)6-4-5-7;1-2-4-6-5-3-1/h6-7,11,14-17,19-22H,8-10,12-13,18,23-26H2,1-5H3;5-10H,1-2,11H2,3-4H3;11,13,16H,1-7H2;4-7H2,1-3H3;1-6H/b;6-5-;;;. The molecule has 4 aromatic carbocycles. The Hall–Kier alpha value is -7.41. The summed E-state index contributed by atoms with van der Waals surface area (Å²) in [5.41, 5.74) is 9.60. The molecule has 530 valence electrons. The number of ketones is 1. The lowest BCUT2D eigenvalue weighted by molar-refractivity contribution is -0.245. The monoisotopic (exact) mass is 1370 g/mol. The SMILES string of the molecule is C=C(/C=C\C(=C)OC)Cc1ccc(OC)cc1.C=C(CCC(O)ON1C(=O)CCC1=O)OCCO.CO[Si](CCCN)(OC)OC.COc1ccc(C(OCCOC(=O)CCC(=O)CCCC[Si](OC)(OC)OC)(C2=CC=CCC2)c2ccc(OC)cc2)cc1.c1ccccc1. The zero-order valence-corrected chi connectivity index (χ0v) is 59.9. The molecule has 22 nitrogen and oxygen atoms in total. The highest BCUT2D eigenvalue weighted by Gasteiger charge is 2.41. The van der Waals surface area contributed by atoms with Crippen LogP contribution in [0.5, 0.6) is 17.2 Å². The maximum Gasteiger partial charge on any atom is 0.500 e. The molecule has 6 rings (SSSR count). The van der Waals surface area contributed by atoms with Crippen molar-refractivity contribution >= 4 is 41.2 Å². The second-order valence-corrected chi connectivity index (χ2v) is 27.4. The van der Waals surface area contributed by atoms with E-state index >= 15 is 0 Å². The molecule has 4 aromatic rings. The number of methoxy groups -OCH3 is 4. The first-order valence-corrected chi connectivity index (χ1v) is 35.5. The normalized spacial score (nSPS) is 13.0. The van der Waals surface area contributed by atoms with Gasteiger partial charge in [-0.05, 0) is 110 Å². The minimum absolute atomic E-state index is 0.0213. The van der Waals surface area contributed by atoms with Gasteiger partial charge in [-0.25, -0.2) is 4.84 Å². The number of esters is 1. The van der Waals surface area contributed by atoms with Crippen molar-refractivity contribution in [3.63, 3.8) is 0 Å². The Balaban J connectivity index is 0.000000490. The predicted octanol–water partition coefficient (Wildman–Crippen LogP) is 11.3. The van der Waals surface area contributed by atoms with E-state index < -0.39 is 47.3 Å². The van der Waals surface area contributed by atoms with Crippen molar-refractivity contribution < 1.29 is 93.9 Å². The molecule has 24 heteroatoms. The van der Waals surface area contributed by atoms with E-state index in [2.05, 4.69) is 31.9 Å². The number of benzene rings is 4. The number of unbranched alkanes of at least 4 members (excludes halogenated alkanes) is 1. The average Bonchev–Trinajstić information content (AvgIpc) is 0.814. The van der Waals surface area contributed by atoms with Gasteiger partial charge in [0.05, 0.1) is 53.8 Å². The van der Waals surface area contributed by atoms with Gasteiger partial charge < -0.3 is 75.7 Å². The molecule has 2 amide bonds. The Bertz CT molecular complexity index is 2850.